The number of allylic oxidation sites excluding steroid dienone is 1. The fraction of sp³-hybridized carbons (Fsp3) is 0.833. The molecule has 1 atom stereocenters. The highest BCUT2D eigenvalue weighted by Crippen LogP contribution is 2.37. The number of methoxy groups -OCH3 is 1. The topological polar surface area (TPSA) is 29.5 Å². The van der Waals surface area contributed by atoms with Gasteiger partial charge in [-0.3, -0.25) is 0 Å². The van der Waals surface area contributed by atoms with Crippen LogP contribution >= 0.6 is 0 Å². The van der Waals surface area contributed by atoms with Gasteiger partial charge in [0.1, 0.15) is 0 Å². The van der Waals surface area contributed by atoms with Gasteiger partial charge in [-0.1, -0.05) is 18.4 Å². The van der Waals surface area contributed by atoms with Crippen LogP contribution in [0.2, 0.25) is 0 Å². The molecule has 1 rings (SSSR count). The second-order valence-corrected chi connectivity index (χ2v) is 4.49. The summed E-state index contributed by atoms with van der Waals surface area (Å²) in [4.78, 5) is 0. The zero-order chi connectivity index (χ0) is 10.6. The van der Waals surface area contributed by atoms with Crippen LogP contribution in [0.4, 0.5) is 0 Å². The van der Waals surface area contributed by atoms with E-state index in [9.17, 15) is 5.11 Å². The van der Waals surface area contributed by atoms with Crippen LogP contribution in [-0.4, -0.2) is 23.9 Å². The molecule has 0 spiro atoms. The van der Waals surface area contributed by atoms with Crippen molar-refractivity contribution in [3.8, 4) is 0 Å². The molecule has 1 N–H and O–H groups in total. The third kappa shape index (κ3) is 2.58. The summed E-state index contributed by atoms with van der Waals surface area (Å²) in [6.45, 7) is 5.85. The molecule has 1 aliphatic rings. The highest BCUT2D eigenvalue weighted by Gasteiger charge is 2.40. The Morgan fingerprint density at radius 3 is 2.50 bits per heavy atom. The lowest BCUT2D eigenvalue weighted by Gasteiger charge is -2.33. The summed E-state index contributed by atoms with van der Waals surface area (Å²) in [5.41, 5.74) is 0.878. The predicted molar refractivity (Wildman–Crippen MR) is 58.3 cm³/mol. The Labute approximate surface area is 87.0 Å². The highest BCUT2D eigenvalue weighted by molar-refractivity contribution is 4.96. The van der Waals surface area contributed by atoms with E-state index < -0.39 is 0 Å². The lowest BCUT2D eigenvalue weighted by atomic mass is 9.90. The second-order valence-electron chi connectivity index (χ2n) is 4.49. The van der Waals surface area contributed by atoms with Crippen molar-refractivity contribution in [2.24, 2.45) is 0 Å². The van der Waals surface area contributed by atoms with Crippen molar-refractivity contribution < 1.29 is 9.84 Å². The van der Waals surface area contributed by atoms with E-state index in [-0.39, 0.29) is 11.7 Å². The van der Waals surface area contributed by atoms with Gasteiger partial charge in [0.2, 0.25) is 0 Å². The number of aliphatic hydroxyl groups excluding tert-OH is 1. The van der Waals surface area contributed by atoms with E-state index >= 15 is 0 Å². The Morgan fingerprint density at radius 2 is 2.07 bits per heavy atom. The normalized spacial score (nSPS) is 22.2. The first kappa shape index (κ1) is 11.7. The molecule has 0 bridgehead atoms. The Kier molecular flexibility index (Phi) is 4.14. The van der Waals surface area contributed by atoms with Crippen molar-refractivity contribution in [1.82, 2.24) is 0 Å². The monoisotopic (exact) mass is 198 g/mol. The van der Waals surface area contributed by atoms with Crippen molar-refractivity contribution in [2.45, 2.75) is 57.2 Å². The number of ether oxygens (including phenoxy) is 1. The van der Waals surface area contributed by atoms with Gasteiger partial charge in [0.05, 0.1) is 11.7 Å². The van der Waals surface area contributed by atoms with Gasteiger partial charge in [0.25, 0.3) is 0 Å². The fourth-order valence-corrected chi connectivity index (χ4v) is 2.29. The van der Waals surface area contributed by atoms with Crippen LogP contribution in [0.1, 0.15) is 45.4 Å². The fourth-order valence-electron chi connectivity index (χ4n) is 2.29. The molecule has 14 heavy (non-hydrogen) atoms. The van der Waals surface area contributed by atoms with Gasteiger partial charge in [-0.05, 0) is 32.6 Å². The zero-order valence-corrected chi connectivity index (χ0v) is 9.38. The molecule has 1 saturated carbocycles. The second kappa shape index (κ2) is 4.94. The summed E-state index contributed by atoms with van der Waals surface area (Å²) >= 11 is 0. The maximum Gasteiger partial charge on any atom is 0.0936 e. The number of hydrogen-bond acceptors (Lipinski definition) is 2. The van der Waals surface area contributed by atoms with Crippen LogP contribution in [-0.2, 0) is 4.74 Å². The van der Waals surface area contributed by atoms with E-state index in [0.29, 0.717) is 0 Å². The van der Waals surface area contributed by atoms with Crippen LogP contribution in [0, 0.1) is 0 Å². The largest absolute Gasteiger partial charge is 0.390 e. The average Bonchev–Trinajstić information content (AvgIpc) is 2.63. The van der Waals surface area contributed by atoms with E-state index in [1.807, 2.05) is 6.92 Å². The molecule has 1 fully saturated rings. The quantitative estimate of drug-likeness (QED) is 0.688. The smallest absolute Gasteiger partial charge is 0.0936 e. The molecule has 1 aliphatic carbocycles. The Hall–Kier alpha value is -0.340. The summed E-state index contributed by atoms with van der Waals surface area (Å²) in [5.74, 6) is 0. The third-order valence-corrected chi connectivity index (χ3v) is 3.31. The molecule has 0 radical (unpaired) electrons. The van der Waals surface area contributed by atoms with Gasteiger partial charge < -0.3 is 9.84 Å². The van der Waals surface area contributed by atoms with Gasteiger partial charge in [-0.25, -0.2) is 0 Å². The summed E-state index contributed by atoms with van der Waals surface area (Å²) < 4.78 is 5.51. The van der Waals surface area contributed by atoms with E-state index in [2.05, 4.69) is 6.58 Å². The van der Waals surface area contributed by atoms with Crippen molar-refractivity contribution in [1.29, 1.82) is 0 Å². The molecule has 0 aliphatic heterocycles. The first-order valence-electron chi connectivity index (χ1n) is 5.48. The maximum absolute atomic E-state index is 10.1. The summed E-state index contributed by atoms with van der Waals surface area (Å²) in [6.07, 6.45) is 5.71. The van der Waals surface area contributed by atoms with Gasteiger partial charge >= 0.3 is 0 Å². The Balaban J connectivity index is 2.47. The molecule has 0 aromatic carbocycles. The standard InChI is InChI=1S/C12H22O2/c1-10(2)6-7-11(13)12(14-3)8-4-5-9-12/h11,13H,1,4-9H2,2-3H3. The molecular formula is C12H22O2. The SMILES string of the molecule is C=C(C)CCC(O)C1(OC)CCCC1. The Bertz CT molecular complexity index is 192. The molecule has 2 nitrogen and oxygen atoms in total. The molecule has 0 aromatic heterocycles. The van der Waals surface area contributed by atoms with E-state index in [1.54, 1.807) is 7.11 Å². The predicted octanol–water partition coefficient (Wildman–Crippen LogP) is 2.66. The van der Waals surface area contributed by atoms with Crippen LogP contribution in [0.5, 0.6) is 0 Å². The van der Waals surface area contributed by atoms with Gasteiger partial charge in [0.15, 0.2) is 0 Å². The molecule has 1 unspecified atom stereocenters. The summed E-state index contributed by atoms with van der Waals surface area (Å²) in [7, 11) is 1.72. The van der Waals surface area contributed by atoms with Gasteiger partial charge in [-0.2, -0.15) is 0 Å². The zero-order valence-electron chi connectivity index (χ0n) is 9.38. The first-order valence-corrected chi connectivity index (χ1v) is 5.48. The lowest BCUT2D eigenvalue weighted by Crippen LogP contribution is -2.41. The van der Waals surface area contributed by atoms with Crippen LogP contribution in [0.3, 0.4) is 0 Å². The minimum Gasteiger partial charge on any atom is -0.390 e. The lowest BCUT2D eigenvalue weighted by molar-refractivity contribution is -0.100. The van der Waals surface area contributed by atoms with Gasteiger partial charge in [-0.15, -0.1) is 6.58 Å². The first-order chi connectivity index (χ1) is 6.60. The van der Waals surface area contributed by atoms with Crippen molar-refractivity contribution >= 4 is 0 Å². The van der Waals surface area contributed by atoms with Crippen molar-refractivity contribution in [2.75, 3.05) is 7.11 Å². The highest BCUT2D eigenvalue weighted by atomic mass is 16.5. The minimum absolute atomic E-state index is 0.255. The number of hydrogen-bond donors (Lipinski definition) is 1. The molecule has 0 aromatic rings. The molecular weight excluding hydrogens is 176 g/mol. The average molecular weight is 198 g/mol. The van der Waals surface area contributed by atoms with Crippen LogP contribution in [0.25, 0.3) is 0 Å². The summed E-state index contributed by atoms with van der Waals surface area (Å²) in [6, 6.07) is 0. The molecule has 0 saturated heterocycles. The van der Waals surface area contributed by atoms with Crippen molar-refractivity contribution in [3.05, 3.63) is 12.2 Å². The van der Waals surface area contributed by atoms with Crippen LogP contribution in [0.15, 0.2) is 12.2 Å². The van der Waals surface area contributed by atoms with E-state index in [1.165, 1.54) is 12.8 Å². The minimum atomic E-state index is -0.327. The number of aliphatic hydroxyl groups is 1. The molecule has 2 heteroatoms. The molecule has 0 amide bonds. The van der Waals surface area contributed by atoms with Gasteiger partial charge in [0, 0.05) is 7.11 Å². The van der Waals surface area contributed by atoms with Crippen molar-refractivity contribution in [3.63, 3.8) is 0 Å². The Morgan fingerprint density at radius 1 is 1.50 bits per heavy atom. The van der Waals surface area contributed by atoms with Crippen LogP contribution < -0.4 is 0 Å². The molecule has 0 heterocycles. The van der Waals surface area contributed by atoms with E-state index in [0.717, 1.165) is 31.3 Å². The number of rotatable bonds is 5. The summed E-state index contributed by atoms with van der Waals surface area (Å²) in [5, 5.41) is 10.1. The third-order valence-electron chi connectivity index (χ3n) is 3.31. The maximum atomic E-state index is 10.1. The molecule has 82 valence electrons. The van der Waals surface area contributed by atoms with E-state index in [4.69, 9.17) is 4.74 Å².